The minimum Gasteiger partial charge on any atom is -0.389 e. The summed E-state index contributed by atoms with van der Waals surface area (Å²) in [4.78, 5) is 9.58. The molecule has 1 aromatic heterocycles. The zero-order valence-electron chi connectivity index (χ0n) is 10.9. The molecule has 17 heavy (non-hydrogen) atoms. The number of likely N-dealkylation sites (N-methyl/N-ethyl adjacent to an activating group) is 1. The summed E-state index contributed by atoms with van der Waals surface area (Å²) in [5, 5.41) is 9.79. The molecule has 4 nitrogen and oxygen atoms in total. The molecule has 0 amide bonds. The number of anilines is 1. The molecule has 5 heteroatoms. The van der Waals surface area contributed by atoms with E-state index in [4.69, 9.17) is 0 Å². The van der Waals surface area contributed by atoms with Gasteiger partial charge in [0, 0.05) is 13.1 Å². The summed E-state index contributed by atoms with van der Waals surface area (Å²) in [6, 6.07) is 0. The topological polar surface area (TPSA) is 49.2 Å². The number of aliphatic hydroxyl groups is 1. The summed E-state index contributed by atoms with van der Waals surface area (Å²) in [5.74, 6) is -0.123. The molecular weight excluding hydrogens is 221 g/mol. The maximum absolute atomic E-state index is 14.0. The van der Waals surface area contributed by atoms with Gasteiger partial charge in [-0.3, -0.25) is 0 Å². The maximum Gasteiger partial charge on any atom is 0.187 e. The predicted molar refractivity (Wildman–Crippen MR) is 65.6 cm³/mol. The predicted octanol–water partition coefficient (Wildman–Crippen LogP) is 1.78. The van der Waals surface area contributed by atoms with Gasteiger partial charge in [0.15, 0.2) is 11.6 Å². The van der Waals surface area contributed by atoms with Crippen molar-refractivity contribution in [2.45, 2.75) is 39.7 Å². The van der Waals surface area contributed by atoms with E-state index in [0.717, 1.165) is 0 Å². The average Bonchev–Trinajstić information content (AvgIpc) is 2.25. The Balaban J connectivity index is 3.04. The largest absolute Gasteiger partial charge is 0.389 e. The summed E-state index contributed by atoms with van der Waals surface area (Å²) in [6.07, 6.45) is 1.89. The van der Waals surface area contributed by atoms with Gasteiger partial charge in [0.2, 0.25) is 0 Å². The SMILES string of the molecule is CCc1ncnc(N(CC)CC(C)(C)O)c1F. The fourth-order valence-electron chi connectivity index (χ4n) is 1.67. The first-order chi connectivity index (χ1) is 7.89. The number of nitrogens with zero attached hydrogens (tertiary/aromatic N) is 3. The molecule has 0 radical (unpaired) electrons. The number of halogens is 1. The standard InChI is InChI=1S/C12H20FN3O/c1-5-9-10(13)11(15-8-14-9)16(6-2)7-12(3,4)17/h8,17H,5-7H2,1-4H3. The Kier molecular flexibility index (Phi) is 4.40. The number of rotatable bonds is 5. The van der Waals surface area contributed by atoms with Crippen molar-refractivity contribution in [1.29, 1.82) is 0 Å². The Morgan fingerprint density at radius 1 is 1.35 bits per heavy atom. The van der Waals surface area contributed by atoms with Crippen molar-refractivity contribution in [2.75, 3.05) is 18.0 Å². The van der Waals surface area contributed by atoms with Crippen LogP contribution >= 0.6 is 0 Å². The van der Waals surface area contributed by atoms with Crippen LogP contribution in [0.3, 0.4) is 0 Å². The van der Waals surface area contributed by atoms with E-state index in [9.17, 15) is 9.50 Å². The molecule has 0 unspecified atom stereocenters. The highest BCUT2D eigenvalue weighted by molar-refractivity contribution is 5.41. The Bertz CT molecular complexity index is 377. The highest BCUT2D eigenvalue weighted by atomic mass is 19.1. The highest BCUT2D eigenvalue weighted by Gasteiger charge is 2.22. The summed E-state index contributed by atoms with van der Waals surface area (Å²) in [6.45, 7) is 8.05. The molecule has 0 fully saturated rings. The second-order valence-corrected chi connectivity index (χ2v) is 4.64. The second kappa shape index (κ2) is 5.40. The molecule has 0 saturated heterocycles. The highest BCUT2D eigenvalue weighted by Crippen LogP contribution is 2.20. The third-order valence-electron chi connectivity index (χ3n) is 2.44. The van der Waals surface area contributed by atoms with Crippen molar-refractivity contribution >= 4 is 5.82 Å². The lowest BCUT2D eigenvalue weighted by atomic mass is 10.1. The fourth-order valence-corrected chi connectivity index (χ4v) is 1.67. The Morgan fingerprint density at radius 2 is 2.00 bits per heavy atom. The van der Waals surface area contributed by atoms with Crippen LogP contribution in [0.2, 0.25) is 0 Å². The lowest BCUT2D eigenvalue weighted by molar-refractivity contribution is 0.0872. The first kappa shape index (κ1) is 13.8. The third kappa shape index (κ3) is 3.63. The van der Waals surface area contributed by atoms with Crippen LogP contribution in [-0.4, -0.2) is 33.8 Å². The van der Waals surface area contributed by atoms with Crippen LogP contribution in [0.4, 0.5) is 10.2 Å². The summed E-state index contributed by atoms with van der Waals surface area (Å²) in [7, 11) is 0. The van der Waals surface area contributed by atoms with Crippen molar-refractivity contribution in [3.63, 3.8) is 0 Å². The van der Waals surface area contributed by atoms with Gasteiger partial charge in [-0.15, -0.1) is 0 Å². The minimum absolute atomic E-state index is 0.265. The molecule has 1 N–H and O–H groups in total. The van der Waals surface area contributed by atoms with Crippen LogP contribution < -0.4 is 4.90 Å². The van der Waals surface area contributed by atoms with E-state index in [1.54, 1.807) is 18.7 Å². The summed E-state index contributed by atoms with van der Waals surface area (Å²) < 4.78 is 14.0. The second-order valence-electron chi connectivity index (χ2n) is 4.64. The van der Waals surface area contributed by atoms with Gasteiger partial charge in [-0.05, 0) is 27.2 Å². The van der Waals surface area contributed by atoms with Gasteiger partial charge < -0.3 is 10.0 Å². The molecule has 1 heterocycles. The molecular formula is C12H20FN3O. The minimum atomic E-state index is -0.889. The molecule has 1 aromatic rings. The van der Waals surface area contributed by atoms with Crippen molar-refractivity contribution < 1.29 is 9.50 Å². The van der Waals surface area contributed by atoms with Crippen LogP contribution in [0.1, 0.15) is 33.4 Å². The molecule has 1 rings (SSSR count). The summed E-state index contributed by atoms with van der Waals surface area (Å²) in [5.41, 5.74) is -0.482. The van der Waals surface area contributed by atoms with Gasteiger partial charge in [0.05, 0.1) is 11.3 Å². The van der Waals surface area contributed by atoms with Crippen molar-refractivity contribution in [2.24, 2.45) is 0 Å². The van der Waals surface area contributed by atoms with E-state index in [2.05, 4.69) is 9.97 Å². The van der Waals surface area contributed by atoms with E-state index in [0.29, 0.717) is 25.2 Å². The molecule has 0 spiro atoms. The molecule has 0 aliphatic rings. The third-order valence-corrected chi connectivity index (χ3v) is 2.44. The molecule has 0 aliphatic heterocycles. The van der Waals surface area contributed by atoms with E-state index < -0.39 is 5.60 Å². The normalized spacial score (nSPS) is 11.6. The van der Waals surface area contributed by atoms with E-state index in [-0.39, 0.29) is 11.6 Å². The smallest absolute Gasteiger partial charge is 0.187 e. The first-order valence-electron chi connectivity index (χ1n) is 5.85. The average molecular weight is 241 g/mol. The van der Waals surface area contributed by atoms with Crippen molar-refractivity contribution in [3.05, 3.63) is 17.8 Å². The van der Waals surface area contributed by atoms with Crippen LogP contribution in [-0.2, 0) is 6.42 Å². The lowest BCUT2D eigenvalue weighted by Crippen LogP contribution is -2.39. The van der Waals surface area contributed by atoms with E-state index in [1.165, 1.54) is 6.33 Å². The summed E-state index contributed by atoms with van der Waals surface area (Å²) >= 11 is 0. The van der Waals surface area contributed by atoms with Gasteiger partial charge in [-0.2, -0.15) is 0 Å². The zero-order chi connectivity index (χ0) is 13.1. The van der Waals surface area contributed by atoms with E-state index >= 15 is 0 Å². The number of aryl methyl sites for hydroxylation is 1. The van der Waals surface area contributed by atoms with Gasteiger partial charge in [0.1, 0.15) is 6.33 Å². The number of aromatic nitrogens is 2. The van der Waals surface area contributed by atoms with Gasteiger partial charge in [-0.25, -0.2) is 14.4 Å². The quantitative estimate of drug-likeness (QED) is 0.853. The van der Waals surface area contributed by atoms with Crippen LogP contribution in [0.25, 0.3) is 0 Å². The fraction of sp³-hybridized carbons (Fsp3) is 0.667. The molecule has 0 saturated carbocycles. The van der Waals surface area contributed by atoms with E-state index in [1.807, 2.05) is 13.8 Å². The molecule has 0 atom stereocenters. The van der Waals surface area contributed by atoms with Gasteiger partial charge in [-0.1, -0.05) is 6.92 Å². The van der Waals surface area contributed by atoms with Crippen LogP contribution in [0.5, 0.6) is 0 Å². The van der Waals surface area contributed by atoms with Gasteiger partial charge >= 0.3 is 0 Å². The molecule has 0 aliphatic carbocycles. The monoisotopic (exact) mass is 241 g/mol. The number of hydrogen-bond donors (Lipinski definition) is 1. The zero-order valence-corrected chi connectivity index (χ0v) is 10.9. The molecule has 96 valence electrons. The Labute approximate surface area is 102 Å². The van der Waals surface area contributed by atoms with Crippen LogP contribution in [0.15, 0.2) is 6.33 Å². The van der Waals surface area contributed by atoms with Gasteiger partial charge in [0.25, 0.3) is 0 Å². The lowest BCUT2D eigenvalue weighted by Gasteiger charge is -2.29. The molecule has 0 bridgehead atoms. The van der Waals surface area contributed by atoms with Crippen molar-refractivity contribution in [3.8, 4) is 0 Å². The maximum atomic E-state index is 14.0. The van der Waals surface area contributed by atoms with Crippen molar-refractivity contribution in [1.82, 2.24) is 9.97 Å². The number of hydrogen-bond acceptors (Lipinski definition) is 4. The van der Waals surface area contributed by atoms with Crippen LogP contribution in [0, 0.1) is 5.82 Å². The first-order valence-corrected chi connectivity index (χ1v) is 5.85. The Morgan fingerprint density at radius 3 is 2.47 bits per heavy atom. The molecule has 0 aromatic carbocycles. The Hall–Kier alpha value is -1.23.